The van der Waals surface area contributed by atoms with Crippen LogP contribution in [0.1, 0.15) is 52.4 Å². The van der Waals surface area contributed by atoms with Crippen molar-refractivity contribution in [3.63, 3.8) is 0 Å². The molecule has 0 aliphatic heterocycles. The van der Waals surface area contributed by atoms with Crippen LogP contribution in [0.15, 0.2) is 0 Å². The second-order valence-electron chi connectivity index (χ2n) is 4.65. The highest BCUT2D eigenvalue weighted by molar-refractivity contribution is 9.09. The maximum Gasteiger partial charge on any atom is 0.0784 e. The summed E-state index contributed by atoms with van der Waals surface area (Å²) >= 11 is 3.77. The van der Waals surface area contributed by atoms with Gasteiger partial charge in [-0.25, -0.2) is 0 Å². The molecule has 96 valence electrons. The molecule has 1 aliphatic rings. The van der Waals surface area contributed by atoms with Gasteiger partial charge in [0, 0.05) is 11.4 Å². The summed E-state index contributed by atoms with van der Waals surface area (Å²) in [7, 11) is 0. The van der Waals surface area contributed by atoms with E-state index in [4.69, 9.17) is 9.47 Å². The Morgan fingerprint density at radius 3 is 2.56 bits per heavy atom. The molecule has 2 nitrogen and oxygen atoms in total. The fourth-order valence-corrected chi connectivity index (χ4v) is 2.89. The first-order chi connectivity index (χ1) is 7.74. The third-order valence-corrected chi connectivity index (χ3v) is 4.13. The highest BCUT2D eigenvalue weighted by atomic mass is 79.9. The highest BCUT2D eigenvalue weighted by Crippen LogP contribution is 2.26. The molecule has 0 radical (unpaired) electrons. The quantitative estimate of drug-likeness (QED) is 0.715. The molecule has 0 spiro atoms. The van der Waals surface area contributed by atoms with Crippen molar-refractivity contribution in [1.29, 1.82) is 0 Å². The Bertz CT molecular complexity index is 175. The van der Waals surface area contributed by atoms with Crippen LogP contribution in [0, 0.1) is 0 Å². The van der Waals surface area contributed by atoms with E-state index in [0.29, 0.717) is 17.5 Å². The van der Waals surface area contributed by atoms with E-state index in [0.717, 1.165) is 6.61 Å². The van der Waals surface area contributed by atoms with Gasteiger partial charge in [-0.15, -0.1) is 0 Å². The highest BCUT2D eigenvalue weighted by Gasteiger charge is 2.22. The van der Waals surface area contributed by atoms with E-state index in [9.17, 15) is 0 Å². The van der Waals surface area contributed by atoms with Gasteiger partial charge < -0.3 is 9.47 Å². The SMILES string of the molecule is CCOCC(C)OC1CCCCCCC1Br. The van der Waals surface area contributed by atoms with Crippen molar-refractivity contribution in [3.8, 4) is 0 Å². The first-order valence-electron chi connectivity index (χ1n) is 6.61. The lowest BCUT2D eigenvalue weighted by Crippen LogP contribution is -2.31. The zero-order valence-electron chi connectivity index (χ0n) is 10.6. The van der Waals surface area contributed by atoms with E-state index in [-0.39, 0.29) is 6.10 Å². The van der Waals surface area contributed by atoms with Gasteiger partial charge in [0.25, 0.3) is 0 Å². The molecule has 3 heteroatoms. The summed E-state index contributed by atoms with van der Waals surface area (Å²) in [6.45, 7) is 5.62. The van der Waals surface area contributed by atoms with Crippen LogP contribution in [0.4, 0.5) is 0 Å². The molecule has 1 saturated carbocycles. The third kappa shape index (κ3) is 5.65. The molecule has 3 unspecified atom stereocenters. The van der Waals surface area contributed by atoms with E-state index in [1.54, 1.807) is 0 Å². The minimum atomic E-state index is 0.212. The predicted octanol–water partition coefficient (Wildman–Crippen LogP) is 3.91. The molecule has 16 heavy (non-hydrogen) atoms. The Kier molecular flexibility index (Phi) is 7.67. The van der Waals surface area contributed by atoms with E-state index in [2.05, 4.69) is 22.9 Å². The van der Waals surface area contributed by atoms with Gasteiger partial charge in [0.15, 0.2) is 0 Å². The van der Waals surface area contributed by atoms with Gasteiger partial charge >= 0.3 is 0 Å². The fourth-order valence-electron chi connectivity index (χ4n) is 2.18. The second kappa shape index (κ2) is 8.48. The minimum Gasteiger partial charge on any atom is -0.379 e. The molecule has 1 rings (SSSR count). The topological polar surface area (TPSA) is 18.5 Å². The van der Waals surface area contributed by atoms with Crippen molar-refractivity contribution < 1.29 is 9.47 Å². The zero-order chi connectivity index (χ0) is 11.8. The van der Waals surface area contributed by atoms with Crippen LogP contribution in [-0.2, 0) is 9.47 Å². The summed E-state index contributed by atoms with van der Waals surface area (Å²) in [4.78, 5) is 0.525. The van der Waals surface area contributed by atoms with Crippen LogP contribution in [0.3, 0.4) is 0 Å². The van der Waals surface area contributed by atoms with Crippen molar-refractivity contribution in [3.05, 3.63) is 0 Å². The van der Waals surface area contributed by atoms with Gasteiger partial charge in [-0.1, -0.05) is 41.6 Å². The molecule has 0 N–H and O–H groups in total. The van der Waals surface area contributed by atoms with Gasteiger partial charge in [0.1, 0.15) is 0 Å². The lowest BCUT2D eigenvalue weighted by molar-refractivity contribution is -0.0512. The summed E-state index contributed by atoms with van der Waals surface area (Å²) < 4.78 is 11.5. The van der Waals surface area contributed by atoms with Crippen LogP contribution < -0.4 is 0 Å². The molecule has 0 amide bonds. The average molecular weight is 293 g/mol. The van der Waals surface area contributed by atoms with Crippen LogP contribution in [-0.4, -0.2) is 30.2 Å². The van der Waals surface area contributed by atoms with E-state index >= 15 is 0 Å². The number of rotatable bonds is 5. The largest absolute Gasteiger partial charge is 0.379 e. The second-order valence-corrected chi connectivity index (χ2v) is 5.83. The van der Waals surface area contributed by atoms with Crippen molar-refractivity contribution in [2.24, 2.45) is 0 Å². The Morgan fingerprint density at radius 2 is 1.88 bits per heavy atom. The molecule has 0 saturated heterocycles. The Hall–Kier alpha value is 0.400. The van der Waals surface area contributed by atoms with E-state index in [1.807, 2.05) is 6.92 Å². The first-order valence-corrected chi connectivity index (χ1v) is 7.53. The molecular weight excluding hydrogens is 268 g/mol. The Labute approximate surface area is 108 Å². The molecule has 0 heterocycles. The van der Waals surface area contributed by atoms with E-state index < -0.39 is 0 Å². The number of alkyl halides is 1. The predicted molar refractivity (Wildman–Crippen MR) is 71.2 cm³/mol. The maximum absolute atomic E-state index is 6.07. The van der Waals surface area contributed by atoms with Crippen molar-refractivity contribution in [1.82, 2.24) is 0 Å². The average Bonchev–Trinajstić information content (AvgIpc) is 2.26. The van der Waals surface area contributed by atoms with Gasteiger partial charge in [-0.3, -0.25) is 0 Å². The lowest BCUT2D eigenvalue weighted by Gasteiger charge is -2.28. The fraction of sp³-hybridized carbons (Fsp3) is 1.00. The summed E-state index contributed by atoms with van der Waals surface area (Å²) in [6.07, 6.45) is 8.38. The van der Waals surface area contributed by atoms with Crippen LogP contribution in [0.25, 0.3) is 0 Å². The van der Waals surface area contributed by atoms with Gasteiger partial charge in [0.2, 0.25) is 0 Å². The summed E-state index contributed by atoms with van der Waals surface area (Å²) in [5.41, 5.74) is 0. The van der Waals surface area contributed by atoms with Gasteiger partial charge in [-0.2, -0.15) is 0 Å². The van der Waals surface area contributed by atoms with Crippen molar-refractivity contribution in [2.45, 2.75) is 69.4 Å². The molecule has 0 bridgehead atoms. The van der Waals surface area contributed by atoms with Gasteiger partial charge in [0.05, 0.1) is 18.8 Å². The lowest BCUT2D eigenvalue weighted by atomic mass is 9.98. The summed E-state index contributed by atoms with van der Waals surface area (Å²) in [5, 5.41) is 0. The monoisotopic (exact) mass is 292 g/mol. The standard InChI is InChI=1S/C13H25BrO2/c1-3-15-10-11(2)16-13-9-7-5-4-6-8-12(13)14/h11-13H,3-10H2,1-2H3. The number of halogens is 1. The minimum absolute atomic E-state index is 0.212. The number of ether oxygens (including phenoxy) is 2. The van der Waals surface area contributed by atoms with Crippen LogP contribution in [0.2, 0.25) is 0 Å². The Morgan fingerprint density at radius 1 is 1.19 bits per heavy atom. The molecule has 1 fully saturated rings. The zero-order valence-corrected chi connectivity index (χ0v) is 12.2. The van der Waals surface area contributed by atoms with Crippen molar-refractivity contribution in [2.75, 3.05) is 13.2 Å². The third-order valence-electron chi connectivity index (χ3n) is 3.09. The molecule has 3 atom stereocenters. The summed E-state index contributed by atoms with van der Waals surface area (Å²) in [5.74, 6) is 0. The molecule has 0 aromatic heterocycles. The number of hydrogen-bond donors (Lipinski definition) is 0. The maximum atomic E-state index is 6.07. The molecular formula is C13H25BrO2. The number of hydrogen-bond acceptors (Lipinski definition) is 2. The molecule has 0 aromatic rings. The molecule has 1 aliphatic carbocycles. The first kappa shape index (κ1) is 14.5. The van der Waals surface area contributed by atoms with Crippen LogP contribution >= 0.6 is 15.9 Å². The van der Waals surface area contributed by atoms with Crippen LogP contribution in [0.5, 0.6) is 0 Å². The Balaban J connectivity index is 2.30. The normalized spacial score (nSPS) is 29.4. The van der Waals surface area contributed by atoms with Crippen molar-refractivity contribution >= 4 is 15.9 Å². The molecule has 0 aromatic carbocycles. The smallest absolute Gasteiger partial charge is 0.0784 e. The van der Waals surface area contributed by atoms with E-state index in [1.165, 1.54) is 38.5 Å². The summed E-state index contributed by atoms with van der Waals surface area (Å²) in [6, 6.07) is 0. The van der Waals surface area contributed by atoms with Gasteiger partial charge in [-0.05, 0) is 26.7 Å².